The van der Waals surface area contributed by atoms with Crippen molar-refractivity contribution in [3.8, 4) is 0 Å². The van der Waals surface area contributed by atoms with Gasteiger partial charge in [0.15, 0.2) is 0 Å². The Kier molecular flexibility index (Phi) is 3.20. The predicted octanol–water partition coefficient (Wildman–Crippen LogP) is 2.89. The van der Waals surface area contributed by atoms with Crippen molar-refractivity contribution in [3.05, 3.63) is 64.9 Å². The topological polar surface area (TPSA) is 46.3 Å². The molecule has 0 spiro atoms. The third-order valence-electron chi connectivity index (χ3n) is 3.47. The molecular weight excluding hydrogens is 279 g/mol. The van der Waals surface area contributed by atoms with Crippen LogP contribution in [0, 0.1) is 5.82 Å². The van der Waals surface area contributed by atoms with Crippen LogP contribution < -0.4 is 10.6 Å². The second-order valence-electron chi connectivity index (χ2n) is 4.68. The molecule has 2 atom stereocenters. The summed E-state index contributed by atoms with van der Waals surface area (Å²) >= 11 is 6.17. The number of benzene rings is 2. The lowest BCUT2D eigenvalue weighted by atomic mass is 9.88. The van der Waals surface area contributed by atoms with Crippen molar-refractivity contribution in [2.75, 3.05) is 4.90 Å². The van der Waals surface area contributed by atoms with Crippen molar-refractivity contribution in [3.63, 3.8) is 0 Å². The fourth-order valence-corrected chi connectivity index (χ4v) is 2.70. The van der Waals surface area contributed by atoms with E-state index in [1.54, 1.807) is 23.1 Å². The van der Waals surface area contributed by atoms with E-state index in [0.717, 1.165) is 5.56 Å². The van der Waals surface area contributed by atoms with Gasteiger partial charge in [0.05, 0.1) is 6.04 Å². The minimum absolute atomic E-state index is 0.193. The van der Waals surface area contributed by atoms with Crippen LogP contribution in [0.2, 0.25) is 5.02 Å². The minimum atomic E-state index is -0.625. The van der Waals surface area contributed by atoms with Crippen molar-refractivity contribution in [2.24, 2.45) is 5.73 Å². The van der Waals surface area contributed by atoms with Gasteiger partial charge in [0.1, 0.15) is 11.9 Å². The van der Waals surface area contributed by atoms with E-state index in [4.69, 9.17) is 17.3 Å². The van der Waals surface area contributed by atoms with E-state index in [1.807, 2.05) is 18.2 Å². The van der Waals surface area contributed by atoms with E-state index in [9.17, 15) is 9.18 Å². The Morgan fingerprint density at radius 1 is 1.10 bits per heavy atom. The number of nitrogens with zero attached hydrogens (tertiary/aromatic N) is 1. The highest BCUT2D eigenvalue weighted by atomic mass is 35.5. The average molecular weight is 291 g/mol. The normalized spacial score (nSPS) is 21.8. The number of amides is 1. The highest BCUT2D eigenvalue weighted by Crippen LogP contribution is 2.40. The van der Waals surface area contributed by atoms with Gasteiger partial charge in [-0.15, -0.1) is 0 Å². The van der Waals surface area contributed by atoms with Gasteiger partial charge >= 0.3 is 0 Å². The molecule has 0 aliphatic carbocycles. The molecule has 0 aromatic heterocycles. The lowest BCUT2D eigenvalue weighted by Crippen LogP contribution is -2.63. The standard InChI is InChI=1S/C15H12ClFN2O/c16-12-4-2-1-3-11(12)14-13(18)15(20)19(14)10-7-5-9(17)6-8-10/h1-8,13-14H,18H2/t13-,14-/m1/s1. The predicted molar refractivity (Wildman–Crippen MR) is 76.1 cm³/mol. The van der Waals surface area contributed by atoms with Crippen LogP contribution in [0.3, 0.4) is 0 Å². The van der Waals surface area contributed by atoms with E-state index < -0.39 is 6.04 Å². The summed E-state index contributed by atoms with van der Waals surface area (Å²) in [6.07, 6.45) is 0. The van der Waals surface area contributed by atoms with Crippen molar-refractivity contribution in [1.82, 2.24) is 0 Å². The van der Waals surface area contributed by atoms with E-state index in [0.29, 0.717) is 10.7 Å². The number of rotatable bonds is 2. The monoisotopic (exact) mass is 290 g/mol. The van der Waals surface area contributed by atoms with Crippen LogP contribution >= 0.6 is 11.6 Å². The Hall–Kier alpha value is -1.91. The maximum Gasteiger partial charge on any atom is 0.247 e. The van der Waals surface area contributed by atoms with Crippen LogP contribution in [0.1, 0.15) is 11.6 Å². The molecule has 0 saturated carbocycles. The van der Waals surface area contributed by atoms with Gasteiger partial charge in [-0.25, -0.2) is 4.39 Å². The average Bonchev–Trinajstić information content (AvgIpc) is 2.46. The molecule has 3 nitrogen and oxygen atoms in total. The second kappa shape index (κ2) is 4.89. The molecule has 1 aliphatic heterocycles. The van der Waals surface area contributed by atoms with Crippen molar-refractivity contribution in [1.29, 1.82) is 0 Å². The zero-order valence-electron chi connectivity index (χ0n) is 10.5. The van der Waals surface area contributed by atoms with Crippen molar-refractivity contribution in [2.45, 2.75) is 12.1 Å². The van der Waals surface area contributed by atoms with Crippen molar-refractivity contribution < 1.29 is 9.18 Å². The minimum Gasteiger partial charge on any atom is -0.318 e. The molecule has 1 heterocycles. The number of nitrogens with two attached hydrogens (primary N) is 1. The van der Waals surface area contributed by atoms with Gasteiger partial charge in [0, 0.05) is 10.7 Å². The highest BCUT2D eigenvalue weighted by Gasteiger charge is 2.47. The van der Waals surface area contributed by atoms with Gasteiger partial charge < -0.3 is 10.6 Å². The fraction of sp³-hybridized carbons (Fsp3) is 0.133. The SMILES string of the molecule is N[C@H]1C(=O)N(c2ccc(F)cc2)[C@@H]1c1ccccc1Cl. The maximum atomic E-state index is 13.0. The molecule has 0 unspecified atom stereocenters. The van der Waals surface area contributed by atoms with Gasteiger partial charge in [-0.1, -0.05) is 29.8 Å². The van der Waals surface area contributed by atoms with Crippen LogP contribution in [0.5, 0.6) is 0 Å². The van der Waals surface area contributed by atoms with Crippen LogP contribution in [0.25, 0.3) is 0 Å². The van der Waals surface area contributed by atoms with Crippen LogP contribution in [-0.2, 0) is 4.79 Å². The molecule has 2 N–H and O–H groups in total. The first-order valence-electron chi connectivity index (χ1n) is 6.18. The zero-order valence-corrected chi connectivity index (χ0v) is 11.2. The summed E-state index contributed by atoms with van der Waals surface area (Å²) in [6, 6.07) is 12.1. The first kappa shape index (κ1) is 13.1. The lowest BCUT2D eigenvalue weighted by Gasteiger charge is -2.45. The molecule has 2 aromatic rings. The first-order valence-corrected chi connectivity index (χ1v) is 6.56. The van der Waals surface area contributed by atoms with Crippen LogP contribution in [-0.4, -0.2) is 11.9 Å². The molecule has 1 aliphatic rings. The van der Waals surface area contributed by atoms with Crippen LogP contribution in [0.15, 0.2) is 48.5 Å². The zero-order chi connectivity index (χ0) is 14.3. The summed E-state index contributed by atoms with van der Waals surface area (Å²) in [5.74, 6) is -0.540. The fourth-order valence-electron chi connectivity index (χ4n) is 2.45. The molecule has 1 saturated heterocycles. The molecule has 1 amide bonds. The molecule has 3 rings (SSSR count). The largest absolute Gasteiger partial charge is 0.318 e. The third-order valence-corrected chi connectivity index (χ3v) is 3.81. The van der Waals surface area contributed by atoms with Crippen molar-refractivity contribution >= 4 is 23.2 Å². The number of β-lactam (4-membered cyclic amide) rings is 1. The van der Waals surface area contributed by atoms with Gasteiger partial charge in [0.25, 0.3) is 0 Å². The molecule has 102 valence electrons. The summed E-state index contributed by atoms with van der Waals surface area (Å²) in [7, 11) is 0. The van der Waals surface area contributed by atoms with E-state index >= 15 is 0 Å². The quantitative estimate of drug-likeness (QED) is 0.865. The van der Waals surface area contributed by atoms with E-state index in [1.165, 1.54) is 12.1 Å². The molecule has 20 heavy (non-hydrogen) atoms. The maximum absolute atomic E-state index is 13.0. The van der Waals surface area contributed by atoms with Crippen LogP contribution in [0.4, 0.5) is 10.1 Å². The molecular formula is C15H12ClFN2O. The lowest BCUT2D eigenvalue weighted by molar-refractivity contribution is -0.126. The Bertz CT molecular complexity index is 659. The number of hydrogen-bond donors (Lipinski definition) is 1. The number of halogens is 2. The second-order valence-corrected chi connectivity index (χ2v) is 5.08. The number of hydrogen-bond acceptors (Lipinski definition) is 2. The summed E-state index contributed by atoms with van der Waals surface area (Å²) in [5, 5.41) is 0.563. The Morgan fingerprint density at radius 3 is 2.40 bits per heavy atom. The number of carbonyl (C=O) groups is 1. The third kappa shape index (κ3) is 1.97. The highest BCUT2D eigenvalue weighted by molar-refractivity contribution is 6.31. The van der Waals surface area contributed by atoms with Gasteiger partial charge in [-0.05, 0) is 35.9 Å². The first-order chi connectivity index (χ1) is 9.59. The van der Waals surface area contributed by atoms with Gasteiger partial charge in [0.2, 0.25) is 5.91 Å². The smallest absolute Gasteiger partial charge is 0.247 e. The number of anilines is 1. The molecule has 5 heteroatoms. The summed E-state index contributed by atoms with van der Waals surface area (Å²) in [6.45, 7) is 0. The molecule has 0 radical (unpaired) electrons. The summed E-state index contributed by atoms with van der Waals surface area (Å²) < 4.78 is 13.0. The Morgan fingerprint density at radius 2 is 1.75 bits per heavy atom. The molecule has 1 fully saturated rings. The van der Waals surface area contributed by atoms with E-state index in [2.05, 4.69) is 0 Å². The summed E-state index contributed by atoms with van der Waals surface area (Å²) in [5.41, 5.74) is 7.31. The van der Waals surface area contributed by atoms with Gasteiger partial charge in [-0.3, -0.25) is 4.79 Å². The Balaban J connectivity index is 2.00. The molecule has 0 bridgehead atoms. The molecule has 2 aromatic carbocycles. The van der Waals surface area contributed by atoms with Gasteiger partial charge in [-0.2, -0.15) is 0 Å². The Labute approximate surface area is 120 Å². The summed E-state index contributed by atoms with van der Waals surface area (Å²) in [4.78, 5) is 13.6. The van der Waals surface area contributed by atoms with E-state index in [-0.39, 0.29) is 17.8 Å². The number of carbonyl (C=O) groups excluding carboxylic acids is 1.